The van der Waals surface area contributed by atoms with Gasteiger partial charge in [0, 0.05) is 5.75 Å². The molecule has 2 nitrogen and oxygen atoms in total. The predicted octanol–water partition coefficient (Wildman–Crippen LogP) is 4.89. The largest absolute Gasteiger partial charge is 0.272 e. The molecule has 2 aromatic rings. The summed E-state index contributed by atoms with van der Waals surface area (Å²) in [6.45, 7) is 2.26. The highest BCUT2D eigenvalue weighted by atomic mass is 32.2. The molecule has 0 saturated heterocycles. The van der Waals surface area contributed by atoms with Crippen molar-refractivity contribution < 1.29 is 0 Å². The van der Waals surface area contributed by atoms with Crippen molar-refractivity contribution in [3.8, 4) is 0 Å². The Morgan fingerprint density at radius 3 is 2.72 bits per heavy atom. The summed E-state index contributed by atoms with van der Waals surface area (Å²) in [5, 5.41) is 0. The van der Waals surface area contributed by atoms with Crippen LogP contribution in [0.1, 0.15) is 45.4 Å². The van der Waals surface area contributed by atoms with Crippen LogP contribution in [0.25, 0.3) is 11.0 Å². The number of benzene rings is 1. The van der Waals surface area contributed by atoms with Crippen molar-refractivity contribution >= 4 is 23.0 Å². The van der Waals surface area contributed by atoms with E-state index in [9.17, 15) is 0 Å². The molecule has 0 saturated carbocycles. The first kappa shape index (κ1) is 13.5. The minimum Gasteiger partial charge on any atom is -0.272 e. The summed E-state index contributed by atoms with van der Waals surface area (Å²) >= 11 is 1.87. The molecule has 0 aliphatic heterocycles. The summed E-state index contributed by atoms with van der Waals surface area (Å²) in [4.78, 5) is 4.40. The molecule has 0 aliphatic rings. The van der Waals surface area contributed by atoms with Crippen molar-refractivity contribution in [1.29, 1.82) is 0 Å². The zero-order valence-corrected chi connectivity index (χ0v) is 12.0. The molecular formula is C15H22N2S. The molecule has 0 fully saturated rings. The first-order valence-electron chi connectivity index (χ1n) is 6.97. The molecule has 18 heavy (non-hydrogen) atoms. The van der Waals surface area contributed by atoms with Gasteiger partial charge in [-0.1, -0.05) is 51.2 Å². The van der Waals surface area contributed by atoms with Crippen molar-refractivity contribution in [1.82, 2.24) is 8.96 Å². The van der Waals surface area contributed by atoms with Gasteiger partial charge in [0.25, 0.3) is 0 Å². The first-order valence-corrected chi connectivity index (χ1v) is 7.91. The van der Waals surface area contributed by atoms with E-state index in [0.29, 0.717) is 0 Å². The normalized spacial score (nSPS) is 11.2. The predicted molar refractivity (Wildman–Crippen MR) is 81.0 cm³/mol. The number of nitrogens with zero attached hydrogens (tertiary/aromatic N) is 2. The Kier molecular flexibility index (Phi) is 5.59. The second-order valence-electron chi connectivity index (χ2n) is 4.66. The van der Waals surface area contributed by atoms with Crippen LogP contribution in [0.3, 0.4) is 0 Å². The molecule has 0 unspecified atom stereocenters. The number of rotatable bonds is 8. The smallest absolute Gasteiger partial charge is 0.106 e. The molecule has 0 spiro atoms. The van der Waals surface area contributed by atoms with Crippen LogP contribution >= 0.6 is 11.9 Å². The quantitative estimate of drug-likeness (QED) is 0.630. The van der Waals surface area contributed by atoms with Crippen LogP contribution < -0.4 is 0 Å². The summed E-state index contributed by atoms with van der Waals surface area (Å²) in [6, 6.07) is 8.32. The molecule has 0 atom stereocenters. The summed E-state index contributed by atoms with van der Waals surface area (Å²) in [6.07, 6.45) is 10.1. The first-order chi connectivity index (χ1) is 8.92. The van der Waals surface area contributed by atoms with Crippen molar-refractivity contribution in [3.63, 3.8) is 0 Å². The van der Waals surface area contributed by atoms with E-state index in [2.05, 4.69) is 34.1 Å². The van der Waals surface area contributed by atoms with Crippen molar-refractivity contribution in [2.45, 2.75) is 45.4 Å². The third kappa shape index (κ3) is 3.77. The van der Waals surface area contributed by atoms with Gasteiger partial charge < -0.3 is 0 Å². The third-order valence-corrected chi connectivity index (χ3v) is 4.19. The molecule has 1 aromatic heterocycles. The van der Waals surface area contributed by atoms with Crippen molar-refractivity contribution in [2.24, 2.45) is 0 Å². The number of unbranched alkanes of at least 4 members (excludes halogenated alkanes) is 5. The lowest BCUT2D eigenvalue weighted by Crippen LogP contribution is -1.88. The van der Waals surface area contributed by atoms with Gasteiger partial charge in [-0.3, -0.25) is 3.97 Å². The Bertz CT molecular complexity index is 464. The molecule has 0 bridgehead atoms. The average molecular weight is 262 g/mol. The van der Waals surface area contributed by atoms with Crippen LogP contribution in [0.5, 0.6) is 0 Å². The lowest BCUT2D eigenvalue weighted by atomic mass is 10.1. The Labute approximate surface area is 114 Å². The zero-order valence-electron chi connectivity index (χ0n) is 11.1. The van der Waals surface area contributed by atoms with Gasteiger partial charge >= 0.3 is 0 Å². The van der Waals surface area contributed by atoms with E-state index in [1.165, 1.54) is 49.8 Å². The Morgan fingerprint density at radius 1 is 1.06 bits per heavy atom. The zero-order chi connectivity index (χ0) is 12.6. The topological polar surface area (TPSA) is 17.8 Å². The number of hydrogen-bond acceptors (Lipinski definition) is 2. The summed E-state index contributed by atoms with van der Waals surface area (Å²) in [5.74, 6) is 1.19. The second kappa shape index (κ2) is 7.47. The van der Waals surface area contributed by atoms with Gasteiger partial charge in [-0.25, -0.2) is 4.98 Å². The van der Waals surface area contributed by atoms with E-state index < -0.39 is 0 Å². The number of fused-ring (bicyclic) bond motifs is 1. The molecule has 3 heteroatoms. The van der Waals surface area contributed by atoms with Crippen LogP contribution in [0.15, 0.2) is 30.6 Å². The maximum atomic E-state index is 4.40. The Hall–Kier alpha value is -0.960. The average Bonchev–Trinajstić information content (AvgIpc) is 2.81. The van der Waals surface area contributed by atoms with Gasteiger partial charge in [-0.2, -0.15) is 0 Å². The van der Waals surface area contributed by atoms with Crippen LogP contribution in [-0.2, 0) is 0 Å². The van der Waals surface area contributed by atoms with E-state index in [0.717, 1.165) is 5.52 Å². The van der Waals surface area contributed by atoms with E-state index in [4.69, 9.17) is 0 Å². The number of hydrogen-bond donors (Lipinski definition) is 0. The second-order valence-corrected chi connectivity index (χ2v) is 5.72. The van der Waals surface area contributed by atoms with Crippen molar-refractivity contribution in [2.75, 3.05) is 5.75 Å². The Morgan fingerprint density at radius 2 is 1.83 bits per heavy atom. The maximum Gasteiger partial charge on any atom is 0.106 e. The lowest BCUT2D eigenvalue weighted by molar-refractivity contribution is 0.627. The Balaban J connectivity index is 1.70. The monoisotopic (exact) mass is 262 g/mol. The summed E-state index contributed by atoms with van der Waals surface area (Å²) in [5.41, 5.74) is 2.32. The van der Waals surface area contributed by atoms with Crippen LogP contribution in [-0.4, -0.2) is 14.7 Å². The minimum absolute atomic E-state index is 1.09. The molecule has 0 aliphatic carbocycles. The van der Waals surface area contributed by atoms with Gasteiger partial charge in [0.15, 0.2) is 0 Å². The molecule has 0 amide bonds. The highest BCUT2D eigenvalue weighted by Crippen LogP contribution is 2.19. The van der Waals surface area contributed by atoms with Gasteiger partial charge in [-0.15, -0.1) is 0 Å². The molecule has 1 heterocycles. The molecule has 2 rings (SSSR count). The number of imidazole rings is 1. The minimum atomic E-state index is 1.09. The summed E-state index contributed by atoms with van der Waals surface area (Å²) in [7, 11) is 0. The van der Waals surface area contributed by atoms with Gasteiger partial charge in [-0.05, 0) is 30.5 Å². The molecular weight excluding hydrogens is 240 g/mol. The van der Waals surface area contributed by atoms with E-state index in [-0.39, 0.29) is 0 Å². The van der Waals surface area contributed by atoms with Gasteiger partial charge in [0.05, 0.1) is 11.0 Å². The SMILES string of the molecule is CCCCCCCCSn1cnc2ccccc21. The van der Waals surface area contributed by atoms with Crippen LogP contribution in [0.4, 0.5) is 0 Å². The van der Waals surface area contributed by atoms with Crippen molar-refractivity contribution in [3.05, 3.63) is 30.6 Å². The summed E-state index contributed by atoms with van der Waals surface area (Å²) < 4.78 is 2.20. The lowest BCUT2D eigenvalue weighted by Gasteiger charge is -2.03. The molecule has 1 aromatic carbocycles. The van der Waals surface area contributed by atoms with Crippen LogP contribution in [0, 0.1) is 0 Å². The van der Waals surface area contributed by atoms with Gasteiger partial charge in [0.1, 0.15) is 6.33 Å². The standard InChI is InChI=1S/C15H22N2S/c1-2-3-4-5-6-9-12-18-17-13-16-14-10-7-8-11-15(14)17/h7-8,10-11,13H,2-6,9,12H2,1H3. The third-order valence-electron chi connectivity index (χ3n) is 3.15. The molecule has 98 valence electrons. The van der Waals surface area contributed by atoms with Crippen LogP contribution in [0.2, 0.25) is 0 Å². The van der Waals surface area contributed by atoms with E-state index in [1.807, 2.05) is 24.3 Å². The molecule has 0 N–H and O–H groups in total. The van der Waals surface area contributed by atoms with E-state index in [1.54, 1.807) is 0 Å². The fourth-order valence-electron chi connectivity index (χ4n) is 2.08. The highest BCUT2D eigenvalue weighted by Gasteiger charge is 2.01. The number of aromatic nitrogens is 2. The van der Waals surface area contributed by atoms with Gasteiger partial charge in [0.2, 0.25) is 0 Å². The fraction of sp³-hybridized carbons (Fsp3) is 0.533. The highest BCUT2D eigenvalue weighted by molar-refractivity contribution is 7.97. The molecule has 0 radical (unpaired) electrons. The number of para-hydroxylation sites is 2. The maximum absolute atomic E-state index is 4.40. The fourth-order valence-corrected chi connectivity index (χ4v) is 3.02. The van der Waals surface area contributed by atoms with E-state index >= 15 is 0 Å².